The number of aryl methyl sites for hydroxylation is 1. The van der Waals surface area contributed by atoms with Gasteiger partial charge in [-0.25, -0.2) is 4.98 Å². The molecule has 0 aliphatic rings. The second-order valence-corrected chi connectivity index (χ2v) is 3.57. The summed E-state index contributed by atoms with van der Waals surface area (Å²) < 4.78 is 14.5. The zero-order valence-corrected chi connectivity index (χ0v) is 8.78. The van der Waals surface area contributed by atoms with E-state index in [0.29, 0.717) is 14.9 Å². The van der Waals surface area contributed by atoms with Crippen LogP contribution in [0.25, 0.3) is 5.52 Å². The van der Waals surface area contributed by atoms with Gasteiger partial charge in [0.25, 0.3) is 0 Å². The second kappa shape index (κ2) is 2.76. The van der Waals surface area contributed by atoms with E-state index in [1.807, 2.05) is 22.6 Å². The molecular weight excluding hydrogens is 288 g/mol. The molecule has 0 bridgehead atoms. The number of nitrogen functional groups attached to an aromatic ring is 1. The largest absolute Gasteiger partial charge is 0.382 e. The van der Waals surface area contributed by atoms with Gasteiger partial charge in [0.05, 0.1) is 0 Å². The normalized spacial score (nSPS) is 11.0. The molecule has 0 saturated carbocycles. The van der Waals surface area contributed by atoms with Crippen molar-refractivity contribution in [1.29, 1.82) is 0 Å². The van der Waals surface area contributed by atoms with E-state index in [0.717, 1.165) is 4.63 Å². The van der Waals surface area contributed by atoms with Crippen LogP contribution in [-0.2, 0) is 0 Å². The number of hydrogen-bond acceptors (Lipinski definition) is 4. The van der Waals surface area contributed by atoms with Crippen LogP contribution in [0.15, 0.2) is 0 Å². The van der Waals surface area contributed by atoms with Crippen LogP contribution in [-0.4, -0.2) is 19.8 Å². The Kier molecular flexibility index (Phi) is 1.82. The SMILES string of the molecule is Cc1nc(N)c2c(I)c(F)nn2n1. The topological polar surface area (TPSA) is 69.1 Å². The minimum atomic E-state index is -0.577. The highest BCUT2D eigenvalue weighted by Gasteiger charge is 2.14. The molecule has 0 saturated heterocycles. The Morgan fingerprint density at radius 1 is 1.46 bits per heavy atom. The summed E-state index contributed by atoms with van der Waals surface area (Å²) in [4.78, 5) is 3.91. The van der Waals surface area contributed by atoms with Gasteiger partial charge in [-0.3, -0.25) is 0 Å². The quantitative estimate of drug-likeness (QED) is 0.728. The number of anilines is 1. The fourth-order valence-corrected chi connectivity index (χ4v) is 1.64. The summed E-state index contributed by atoms with van der Waals surface area (Å²) in [5.41, 5.74) is 6.01. The maximum Gasteiger partial charge on any atom is 0.248 e. The number of rotatable bonds is 0. The van der Waals surface area contributed by atoms with Crippen LogP contribution in [0.1, 0.15) is 5.82 Å². The van der Waals surface area contributed by atoms with Crippen molar-refractivity contribution in [2.24, 2.45) is 0 Å². The van der Waals surface area contributed by atoms with Crippen molar-refractivity contribution >= 4 is 33.9 Å². The molecule has 0 aliphatic heterocycles. The first-order valence-electron chi connectivity index (χ1n) is 3.43. The van der Waals surface area contributed by atoms with Gasteiger partial charge in [-0.2, -0.15) is 4.39 Å². The molecule has 0 aliphatic carbocycles. The minimum Gasteiger partial charge on any atom is -0.382 e. The smallest absolute Gasteiger partial charge is 0.248 e. The first-order chi connectivity index (χ1) is 6.09. The third-order valence-corrected chi connectivity index (χ3v) is 2.49. The van der Waals surface area contributed by atoms with Gasteiger partial charge in [0, 0.05) is 0 Å². The first-order valence-corrected chi connectivity index (χ1v) is 4.51. The minimum absolute atomic E-state index is 0.244. The van der Waals surface area contributed by atoms with Crippen LogP contribution < -0.4 is 5.73 Å². The van der Waals surface area contributed by atoms with E-state index in [-0.39, 0.29) is 5.82 Å². The Labute approximate surface area is 86.3 Å². The van der Waals surface area contributed by atoms with E-state index in [2.05, 4.69) is 15.2 Å². The molecule has 0 fully saturated rings. The number of aromatic nitrogens is 4. The Morgan fingerprint density at radius 2 is 2.15 bits per heavy atom. The average Bonchev–Trinajstić information content (AvgIpc) is 2.27. The highest BCUT2D eigenvalue weighted by Crippen LogP contribution is 2.19. The predicted molar refractivity (Wildman–Crippen MR) is 52.6 cm³/mol. The third-order valence-electron chi connectivity index (χ3n) is 1.54. The van der Waals surface area contributed by atoms with Crippen LogP contribution >= 0.6 is 22.6 Å². The van der Waals surface area contributed by atoms with Gasteiger partial charge in [0.1, 0.15) is 14.9 Å². The average molecular weight is 293 g/mol. The van der Waals surface area contributed by atoms with E-state index in [9.17, 15) is 4.39 Å². The predicted octanol–water partition coefficient (Wildman–Crippen LogP) is 0.759. The van der Waals surface area contributed by atoms with Crippen molar-refractivity contribution in [3.05, 3.63) is 15.3 Å². The summed E-state index contributed by atoms with van der Waals surface area (Å²) in [5, 5.41) is 7.43. The lowest BCUT2D eigenvalue weighted by Crippen LogP contribution is -2.04. The van der Waals surface area contributed by atoms with Gasteiger partial charge in [0.15, 0.2) is 5.82 Å². The lowest BCUT2D eigenvalue weighted by atomic mass is 10.5. The van der Waals surface area contributed by atoms with Crippen LogP contribution in [0.3, 0.4) is 0 Å². The summed E-state index contributed by atoms with van der Waals surface area (Å²) in [6.45, 7) is 1.67. The van der Waals surface area contributed by atoms with Crippen molar-refractivity contribution in [2.75, 3.05) is 5.73 Å². The van der Waals surface area contributed by atoms with Gasteiger partial charge in [-0.1, -0.05) is 0 Å². The molecule has 68 valence electrons. The van der Waals surface area contributed by atoms with E-state index < -0.39 is 5.95 Å². The van der Waals surface area contributed by atoms with Gasteiger partial charge in [-0.05, 0) is 29.5 Å². The molecule has 13 heavy (non-hydrogen) atoms. The molecule has 2 heterocycles. The van der Waals surface area contributed by atoms with E-state index in [1.165, 1.54) is 0 Å². The zero-order chi connectivity index (χ0) is 9.59. The highest BCUT2D eigenvalue weighted by molar-refractivity contribution is 14.1. The molecule has 7 heteroatoms. The molecule has 0 atom stereocenters. The maximum atomic E-state index is 13.0. The van der Waals surface area contributed by atoms with Crippen LogP contribution in [0.2, 0.25) is 0 Å². The zero-order valence-electron chi connectivity index (χ0n) is 6.62. The Morgan fingerprint density at radius 3 is 2.85 bits per heavy atom. The number of fused-ring (bicyclic) bond motifs is 1. The van der Waals surface area contributed by atoms with Gasteiger partial charge in [-0.15, -0.1) is 14.8 Å². The van der Waals surface area contributed by atoms with Gasteiger partial charge < -0.3 is 5.73 Å². The summed E-state index contributed by atoms with van der Waals surface area (Å²) in [7, 11) is 0. The summed E-state index contributed by atoms with van der Waals surface area (Å²) >= 11 is 1.82. The number of halogens is 2. The molecular formula is C6H5FIN5. The van der Waals surface area contributed by atoms with Crippen molar-refractivity contribution < 1.29 is 4.39 Å². The Hall–Kier alpha value is -0.990. The molecule has 2 aromatic rings. The van der Waals surface area contributed by atoms with Crippen LogP contribution in [0, 0.1) is 16.4 Å². The molecule has 2 rings (SSSR count). The fraction of sp³-hybridized carbons (Fsp3) is 0.167. The summed E-state index contributed by atoms with van der Waals surface area (Å²) in [5.74, 6) is 0.129. The molecule has 0 aromatic carbocycles. The molecule has 0 radical (unpaired) electrons. The molecule has 2 N–H and O–H groups in total. The van der Waals surface area contributed by atoms with Crippen molar-refractivity contribution in [2.45, 2.75) is 6.92 Å². The van der Waals surface area contributed by atoms with Crippen molar-refractivity contribution in [3.63, 3.8) is 0 Å². The third kappa shape index (κ3) is 1.23. The van der Waals surface area contributed by atoms with Crippen molar-refractivity contribution in [3.8, 4) is 0 Å². The van der Waals surface area contributed by atoms with E-state index >= 15 is 0 Å². The lowest BCUT2D eigenvalue weighted by Gasteiger charge is -1.97. The fourth-order valence-electron chi connectivity index (χ4n) is 1.04. The molecule has 2 aromatic heterocycles. The van der Waals surface area contributed by atoms with Crippen molar-refractivity contribution in [1.82, 2.24) is 19.8 Å². The molecule has 0 unspecified atom stereocenters. The highest BCUT2D eigenvalue weighted by atomic mass is 127. The molecule has 0 spiro atoms. The van der Waals surface area contributed by atoms with E-state index in [1.54, 1.807) is 6.92 Å². The molecule has 0 amide bonds. The summed E-state index contributed by atoms with van der Waals surface area (Å²) in [6.07, 6.45) is 0. The second-order valence-electron chi connectivity index (χ2n) is 2.49. The van der Waals surface area contributed by atoms with Crippen LogP contribution in [0.5, 0.6) is 0 Å². The van der Waals surface area contributed by atoms with Gasteiger partial charge >= 0.3 is 0 Å². The maximum absolute atomic E-state index is 13.0. The van der Waals surface area contributed by atoms with E-state index in [4.69, 9.17) is 5.73 Å². The number of nitrogens with zero attached hydrogens (tertiary/aromatic N) is 4. The standard InChI is InChI=1S/C6H5FIN5/c1-2-10-6(9)4-3(8)5(7)12-13(4)11-2/h1H3,(H2,9,10,11). The Balaban J connectivity index is 2.94. The molecule has 5 nitrogen and oxygen atoms in total. The monoisotopic (exact) mass is 293 g/mol. The Bertz CT molecular complexity index is 479. The number of nitrogens with two attached hydrogens (primary N) is 1. The first kappa shape index (κ1) is 8.60. The number of hydrogen-bond donors (Lipinski definition) is 1. The van der Waals surface area contributed by atoms with Gasteiger partial charge in [0.2, 0.25) is 5.95 Å². The summed E-state index contributed by atoms with van der Waals surface area (Å²) in [6, 6.07) is 0. The van der Waals surface area contributed by atoms with Crippen LogP contribution in [0.4, 0.5) is 10.2 Å². The lowest BCUT2D eigenvalue weighted by molar-refractivity contribution is 0.552.